The van der Waals surface area contributed by atoms with Crippen molar-refractivity contribution >= 4 is 29.2 Å². The molecule has 26 heavy (non-hydrogen) atoms. The predicted molar refractivity (Wildman–Crippen MR) is 92.2 cm³/mol. The second-order valence-electron chi connectivity index (χ2n) is 5.18. The molecule has 6 nitrogen and oxygen atoms in total. The van der Waals surface area contributed by atoms with E-state index in [1.165, 1.54) is 19.1 Å². The summed E-state index contributed by atoms with van der Waals surface area (Å²) in [5, 5.41) is 11.2. The molecule has 0 bridgehead atoms. The highest BCUT2D eigenvalue weighted by Crippen LogP contribution is 2.19. The maximum atomic E-state index is 13.6. The van der Waals surface area contributed by atoms with Crippen molar-refractivity contribution in [3.05, 3.63) is 58.9 Å². The average molecular weight is 377 g/mol. The van der Waals surface area contributed by atoms with Gasteiger partial charge in [0.05, 0.1) is 17.3 Å². The number of anilines is 1. The zero-order valence-corrected chi connectivity index (χ0v) is 14.4. The van der Waals surface area contributed by atoms with Gasteiger partial charge in [-0.1, -0.05) is 11.6 Å². The lowest BCUT2D eigenvalue weighted by molar-refractivity contribution is -0.153. The van der Waals surface area contributed by atoms with Crippen LogP contribution in [0.5, 0.6) is 5.75 Å². The molecule has 0 fully saturated rings. The van der Waals surface area contributed by atoms with E-state index >= 15 is 0 Å². The summed E-state index contributed by atoms with van der Waals surface area (Å²) >= 11 is 5.62. The van der Waals surface area contributed by atoms with Gasteiger partial charge in [-0.15, -0.1) is 0 Å². The fourth-order valence-electron chi connectivity index (χ4n) is 1.89. The second kappa shape index (κ2) is 8.83. The summed E-state index contributed by atoms with van der Waals surface area (Å²) in [7, 11) is 0. The van der Waals surface area contributed by atoms with Crippen molar-refractivity contribution in [3.63, 3.8) is 0 Å². The normalized spacial score (nSPS) is 11.2. The van der Waals surface area contributed by atoms with Crippen LogP contribution in [0.1, 0.15) is 12.5 Å². The van der Waals surface area contributed by atoms with Crippen molar-refractivity contribution in [2.45, 2.75) is 13.0 Å². The molecule has 2 aromatic carbocycles. The van der Waals surface area contributed by atoms with E-state index in [1.807, 2.05) is 6.07 Å². The number of hydrogen-bond acceptors (Lipinski definition) is 5. The molecule has 1 N–H and O–H groups in total. The highest BCUT2D eigenvalue weighted by atomic mass is 35.5. The van der Waals surface area contributed by atoms with Gasteiger partial charge >= 0.3 is 5.97 Å². The van der Waals surface area contributed by atoms with Crippen LogP contribution in [0.15, 0.2) is 42.5 Å². The second-order valence-corrected chi connectivity index (χ2v) is 5.61. The first-order valence-electron chi connectivity index (χ1n) is 7.47. The van der Waals surface area contributed by atoms with Gasteiger partial charge in [0.2, 0.25) is 0 Å². The monoisotopic (exact) mass is 376 g/mol. The van der Waals surface area contributed by atoms with Gasteiger partial charge < -0.3 is 14.8 Å². The number of rotatable bonds is 6. The highest BCUT2D eigenvalue weighted by Gasteiger charge is 2.18. The molecule has 0 aliphatic heterocycles. The van der Waals surface area contributed by atoms with Crippen LogP contribution in [-0.4, -0.2) is 24.6 Å². The minimum absolute atomic E-state index is 0.0719. The number of ether oxygens (including phenoxy) is 2. The number of hydrogen-bond donors (Lipinski definition) is 1. The molecule has 0 aliphatic rings. The number of nitrogens with zero attached hydrogens (tertiary/aromatic N) is 1. The van der Waals surface area contributed by atoms with Crippen molar-refractivity contribution in [1.82, 2.24) is 0 Å². The summed E-state index contributed by atoms with van der Waals surface area (Å²) in [6.45, 7) is 0.860. The molecule has 0 radical (unpaired) electrons. The third-order valence-electron chi connectivity index (χ3n) is 3.18. The molecule has 8 heteroatoms. The Morgan fingerprint density at radius 1 is 1.27 bits per heavy atom. The molecule has 0 heterocycles. The van der Waals surface area contributed by atoms with E-state index in [2.05, 4.69) is 5.32 Å². The van der Waals surface area contributed by atoms with Gasteiger partial charge in [-0.25, -0.2) is 9.18 Å². The summed E-state index contributed by atoms with van der Waals surface area (Å²) < 4.78 is 23.8. The minimum atomic E-state index is -0.969. The number of halogens is 2. The Bertz CT molecular complexity index is 849. The summed E-state index contributed by atoms with van der Waals surface area (Å²) in [5.74, 6) is -1.79. The topological polar surface area (TPSA) is 88.4 Å². The third-order valence-corrected chi connectivity index (χ3v) is 3.41. The first-order chi connectivity index (χ1) is 12.4. The van der Waals surface area contributed by atoms with Crippen molar-refractivity contribution < 1.29 is 23.5 Å². The van der Waals surface area contributed by atoms with Crippen LogP contribution in [0.2, 0.25) is 5.02 Å². The molecule has 2 aromatic rings. The van der Waals surface area contributed by atoms with Gasteiger partial charge in [0.1, 0.15) is 11.6 Å². The van der Waals surface area contributed by atoms with Crippen LogP contribution in [0, 0.1) is 17.1 Å². The van der Waals surface area contributed by atoms with Gasteiger partial charge in [0.15, 0.2) is 12.7 Å². The number of nitriles is 1. The molecule has 0 spiro atoms. The Balaban J connectivity index is 1.82. The molecule has 0 saturated heterocycles. The van der Waals surface area contributed by atoms with Crippen molar-refractivity contribution in [2.75, 3.05) is 11.9 Å². The standard InChI is InChI=1S/C18H14ClFN2O4/c1-11(26-14-5-2-12(9-21)3-6-14)18(24)25-10-17(23)22-16-7-4-13(19)8-15(16)20/h2-8,11H,10H2,1H3,(H,22,23)/t11-/m0/s1. The summed E-state index contributed by atoms with van der Waals surface area (Å²) in [6.07, 6.45) is -0.969. The van der Waals surface area contributed by atoms with Crippen molar-refractivity contribution in [2.24, 2.45) is 0 Å². The average Bonchev–Trinajstić information content (AvgIpc) is 2.62. The predicted octanol–water partition coefficient (Wildman–Crippen LogP) is 3.30. The van der Waals surface area contributed by atoms with Crippen LogP contribution >= 0.6 is 11.6 Å². The molecule has 0 aromatic heterocycles. The van der Waals surface area contributed by atoms with Gasteiger partial charge in [0.25, 0.3) is 5.91 Å². The summed E-state index contributed by atoms with van der Waals surface area (Å²) in [4.78, 5) is 23.6. The number of esters is 1. The molecule has 0 aliphatic carbocycles. The Kier molecular flexibility index (Phi) is 6.53. The quantitative estimate of drug-likeness (QED) is 0.781. The minimum Gasteiger partial charge on any atom is -0.479 e. The van der Waals surface area contributed by atoms with Gasteiger partial charge in [-0.2, -0.15) is 5.26 Å². The zero-order valence-electron chi connectivity index (χ0n) is 13.7. The van der Waals surface area contributed by atoms with Gasteiger partial charge in [0, 0.05) is 5.02 Å². The number of benzene rings is 2. The highest BCUT2D eigenvalue weighted by molar-refractivity contribution is 6.30. The van der Waals surface area contributed by atoms with Crippen LogP contribution < -0.4 is 10.1 Å². The largest absolute Gasteiger partial charge is 0.479 e. The third kappa shape index (κ3) is 5.46. The fraction of sp³-hybridized carbons (Fsp3) is 0.167. The molecule has 1 amide bonds. The van der Waals surface area contributed by atoms with Crippen LogP contribution in [0.25, 0.3) is 0 Å². The first-order valence-corrected chi connectivity index (χ1v) is 7.85. The fourth-order valence-corrected chi connectivity index (χ4v) is 2.05. The van der Waals surface area contributed by atoms with E-state index < -0.39 is 30.4 Å². The molecule has 134 valence electrons. The maximum Gasteiger partial charge on any atom is 0.347 e. The Morgan fingerprint density at radius 2 is 1.96 bits per heavy atom. The van der Waals surface area contributed by atoms with Crippen molar-refractivity contribution in [3.8, 4) is 11.8 Å². The van der Waals surface area contributed by atoms with E-state index in [1.54, 1.807) is 24.3 Å². The number of nitrogens with one attached hydrogen (secondary N) is 1. The van der Waals surface area contributed by atoms with Crippen molar-refractivity contribution in [1.29, 1.82) is 5.26 Å². The SMILES string of the molecule is C[C@H](Oc1ccc(C#N)cc1)C(=O)OCC(=O)Nc1ccc(Cl)cc1F. The van der Waals surface area contributed by atoms with Crippen LogP contribution in [0.3, 0.4) is 0 Å². The molecule has 2 rings (SSSR count). The van der Waals surface area contributed by atoms with Gasteiger partial charge in [-0.05, 0) is 49.4 Å². The lowest BCUT2D eigenvalue weighted by Crippen LogP contribution is -2.29. The molecule has 1 atom stereocenters. The van der Waals surface area contributed by atoms with E-state index in [-0.39, 0.29) is 10.7 Å². The van der Waals surface area contributed by atoms with Crippen LogP contribution in [-0.2, 0) is 14.3 Å². The summed E-state index contributed by atoms with van der Waals surface area (Å²) in [6, 6.07) is 11.9. The smallest absolute Gasteiger partial charge is 0.347 e. The van der Waals surface area contributed by atoms with E-state index in [9.17, 15) is 14.0 Å². The molecule has 0 unspecified atom stereocenters. The van der Waals surface area contributed by atoms with E-state index in [4.69, 9.17) is 26.3 Å². The molecular weight excluding hydrogens is 363 g/mol. The summed E-state index contributed by atoms with van der Waals surface area (Å²) in [5.41, 5.74) is 0.385. The molecule has 0 saturated carbocycles. The van der Waals surface area contributed by atoms with E-state index in [0.29, 0.717) is 11.3 Å². The number of amides is 1. The number of carbonyl (C=O) groups is 2. The first kappa shape index (κ1) is 19.2. The lowest BCUT2D eigenvalue weighted by atomic mass is 10.2. The molecular formula is C18H14ClFN2O4. The van der Waals surface area contributed by atoms with Gasteiger partial charge in [-0.3, -0.25) is 4.79 Å². The maximum absolute atomic E-state index is 13.6. The lowest BCUT2D eigenvalue weighted by Gasteiger charge is -2.14. The Labute approximate surface area is 154 Å². The van der Waals surface area contributed by atoms with Crippen LogP contribution in [0.4, 0.5) is 10.1 Å². The Morgan fingerprint density at radius 3 is 2.58 bits per heavy atom. The van der Waals surface area contributed by atoms with E-state index in [0.717, 1.165) is 6.07 Å². The Hall–Kier alpha value is -3.11. The zero-order chi connectivity index (χ0) is 19.1. The number of carbonyl (C=O) groups excluding carboxylic acids is 2.